The van der Waals surface area contributed by atoms with Gasteiger partial charge in [0, 0.05) is 24.3 Å². The van der Waals surface area contributed by atoms with Crippen LogP contribution in [0.15, 0.2) is 47.4 Å². The summed E-state index contributed by atoms with van der Waals surface area (Å²) >= 11 is 0. The minimum Gasteiger partial charge on any atom is -0.324 e. The molecule has 0 radical (unpaired) electrons. The highest BCUT2D eigenvalue weighted by molar-refractivity contribution is 7.89. The van der Waals surface area contributed by atoms with E-state index >= 15 is 0 Å². The number of carbonyl (C=O) groups is 2. The summed E-state index contributed by atoms with van der Waals surface area (Å²) in [7, 11) is -3.93. The molecule has 1 aliphatic heterocycles. The van der Waals surface area contributed by atoms with Crippen molar-refractivity contribution >= 4 is 33.2 Å². The van der Waals surface area contributed by atoms with E-state index in [1.807, 2.05) is 39.0 Å². The molecule has 2 N–H and O–H groups in total. The van der Waals surface area contributed by atoms with Crippen molar-refractivity contribution in [2.24, 2.45) is 5.92 Å². The van der Waals surface area contributed by atoms with Crippen LogP contribution in [0, 0.1) is 12.8 Å². The summed E-state index contributed by atoms with van der Waals surface area (Å²) < 4.78 is 28.9. The van der Waals surface area contributed by atoms with Gasteiger partial charge in [-0.1, -0.05) is 39.0 Å². The highest BCUT2D eigenvalue weighted by atomic mass is 32.2. The van der Waals surface area contributed by atoms with Crippen LogP contribution in [0.3, 0.4) is 0 Å². The van der Waals surface area contributed by atoms with E-state index in [9.17, 15) is 18.0 Å². The van der Waals surface area contributed by atoms with E-state index in [1.165, 1.54) is 6.07 Å². The molecule has 7 nitrogen and oxygen atoms in total. The molecule has 0 saturated heterocycles. The number of hydrogen-bond donors (Lipinski definition) is 2. The molecule has 0 bridgehead atoms. The Labute approximate surface area is 190 Å². The van der Waals surface area contributed by atoms with Crippen molar-refractivity contribution in [3.05, 3.63) is 53.6 Å². The molecule has 0 aliphatic carbocycles. The van der Waals surface area contributed by atoms with Gasteiger partial charge in [0.05, 0.1) is 4.90 Å². The first-order valence-corrected chi connectivity index (χ1v) is 12.4. The fraction of sp³-hybridized carbons (Fsp3) is 0.417. The first kappa shape index (κ1) is 23.9. The third-order valence-electron chi connectivity index (χ3n) is 5.58. The number of rotatable bonds is 8. The zero-order chi connectivity index (χ0) is 23.5. The maximum Gasteiger partial charge on any atom is 0.242 e. The molecule has 32 heavy (non-hydrogen) atoms. The Balaban J connectivity index is 1.82. The maximum absolute atomic E-state index is 13.1. The van der Waals surface area contributed by atoms with Crippen molar-refractivity contribution in [3.8, 4) is 0 Å². The second kappa shape index (κ2) is 9.83. The number of aryl methyl sites for hydroxylation is 1. The monoisotopic (exact) mass is 457 g/mol. The Morgan fingerprint density at radius 3 is 2.50 bits per heavy atom. The second-order valence-electron chi connectivity index (χ2n) is 8.55. The lowest BCUT2D eigenvalue weighted by atomic mass is 10.0. The molecule has 2 aromatic rings. The van der Waals surface area contributed by atoms with Crippen molar-refractivity contribution in [3.63, 3.8) is 0 Å². The van der Waals surface area contributed by atoms with E-state index in [0.717, 1.165) is 16.8 Å². The van der Waals surface area contributed by atoms with Gasteiger partial charge in [-0.2, -0.15) is 4.72 Å². The molecule has 1 heterocycles. The largest absolute Gasteiger partial charge is 0.324 e. The van der Waals surface area contributed by atoms with Gasteiger partial charge in [-0.3, -0.25) is 9.59 Å². The predicted molar refractivity (Wildman–Crippen MR) is 126 cm³/mol. The average Bonchev–Trinajstić information content (AvgIpc) is 3.17. The smallest absolute Gasteiger partial charge is 0.242 e. The Hall–Kier alpha value is -2.71. The first-order valence-electron chi connectivity index (χ1n) is 10.9. The van der Waals surface area contributed by atoms with Crippen LogP contribution in [0.4, 0.5) is 11.4 Å². The number of nitrogens with one attached hydrogen (secondary N) is 2. The molecule has 0 saturated carbocycles. The van der Waals surface area contributed by atoms with Crippen molar-refractivity contribution < 1.29 is 18.0 Å². The highest BCUT2D eigenvalue weighted by Crippen LogP contribution is 2.31. The normalized spacial score (nSPS) is 14.3. The molecule has 172 valence electrons. The maximum atomic E-state index is 13.1. The van der Waals surface area contributed by atoms with Crippen LogP contribution >= 0.6 is 0 Å². The van der Waals surface area contributed by atoms with Crippen LogP contribution in [0.2, 0.25) is 0 Å². The minimum absolute atomic E-state index is 0.0161. The van der Waals surface area contributed by atoms with Gasteiger partial charge in [-0.05, 0) is 61.1 Å². The third kappa shape index (κ3) is 5.37. The SMILES string of the molecule is CCC(=O)N1CCc2cc(S(=O)(=O)NC(CC(C)C)C(=O)Nc3ccccc3C)ccc21. The third-order valence-corrected chi connectivity index (χ3v) is 7.05. The van der Waals surface area contributed by atoms with Gasteiger partial charge in [-0.15, -0.1) is 0 Å². The fourth-order valence-electron chi connectivity index (χ4n) is 3.86. The lowest BCUT2D eigenvalue weighted by molar-refractivity contribution is -0.118. The average molecular weight is 458 g/mol. The Morgan fingerprint density at radius 1 is 1.12 bits per heavy atom. The van der Waals surface area contributed by atoms with E-state index < -0.39 is 22.0 Å². The summed E-state index contributed by atoms with van der Waals surface area (Å²) in [6, 6.07) is 11.2. The number of amides is 2. The van der Waals surface area contributed by atoms with Gasteiger partial charge in [0.25, 0.3) is 0 Å². The molecule has 8 heteroatoms. The van der Waals surface area contributed by atoms with Gasteiger partial charge in [0.2, 0.25) is 21.8 Å². The highest BCUT2D eigenvalue weighted by Gasteiger charge is 2.29. The van der Waals surface area contributed by atoms with E-state index in [2.05, 4.69) is 10.0 Å². The van der Waals surface area contributed by atoms with Gasteiger partial charge in [-0.25, -0.2) is 8.42 Å². The molecule has 1 unspecified atom stereocenters. The summed E-state index contributed by atoms with van der Waals surface area (Å²) in [5.74, 6) is -0.265. The molecular weight excluding hydrogens is 426 g/mol. The van der Waals surface area contributed by atoms with Crippen molar-refractivity contribution in [2.45, 2.75) is 57.9 Å². The first-order chi connectivity index (χ1) is 15.1. The number of para-hydroxylation sites is 1. The summed E-state index contributed by atoms with van der Waals surface area (Å²) in [4.78, 5) is 26.9. The van der Waals surface area contributed by atoms with Crippen LogP contribution in [0.1, 0.15) is 44.7 Å². The van der Waals surface area contributed by atoms with Gasteiger partial charge >= 0.3 is 0 Å². The molecule has 1 atom stereocenters. The van der Waals surface area contributed by atoms with E-state index in [-0.39, 0.29) is 16.7 Å². The summed E-state index contributed by atoms with van der Waals surface area (Å²) in [5.41, 5.74) is 3.13. The molecule has 2 aromatic carbocycles. The number of hydrogen-bond acceptors (Lipinski definition) is 4. The standard InChI is InChI=1S/C24H31N3O4S/c1-5-23(28)27-13-12-18-15-19(10-11-22(18)27)32(30,31)26-21(14-16(2)3)24(29)25-20-9-7-6-8-17(20)4/h6-11,15-16,21,26H,5,12-14H2,1-4H3,(H,25,29). The number of fused-ring (bicyclic) bond motifs is 1. The van der Waals surface area contributed by atoms with Crippen molar-refractivity contribution in [2.75, 3.05) is 16.8 Å². The Morgan fingerprint density at radius 2 is 1.84 bits per heavy atom. The summed E-state index contributed by atoms with van der Waals surface area (Å²) in [6.45, 7) is 8.12. The lowest BCUT2D eigenvalue weighted by Crippen LogP contribution is -2.44. The van der Waals surface area contributed by atoms with Crippen molar-refractivity contribution in [1.29, 1.82) is 0 Å². The number of sulfonamides is 1. The second-order valence-corrected chi connectivity index (χ2v) is 10.3. The van der Waals surface area contributed by atoms with Crippen molar-refractivity contribution in [1.82, 2.24) is 4.72 Å². The van der Waals surface area contributed by atoms with Gasteiger partial charge in [0.15, 0.2) is 0 Å². The number of nitrogens with zero attached hydrogens (tertiary/aromatic N) is 1. The minimum atomic E-state index is -3.93. The zero-order valence-electron chi connectivity index (χ0n) is 19.0. The molecule has 0 spiro atoms. The van der Waals surface area contributed by atoms with E-state index in [4.69, 9.17) is 0 Å². The van der Waals surface area contributed by atoms with Crippen LogP contribution in [0.25, 0.3) is 0 Å². The molecule has 3 rings (SSSR count). The van der Waals surface area contributed by atoms with Crippen LogP contribution in [-0.2, 0) is 26.0 Å². The Bertz CT molecular complexity index is 1110. The van der Waals surface area contributed by atoms with Crippen LogP contribution in [0.5, 0.6) is 0 Å². The van der Waals surface area contributed by atoms with Crippen LogP contribution in [-0.4, -0.2) is 32.8 Å². The Kier molecular flexibility index (Phi) is 7.36. The number of benzene rings is 2. The fourth-order valence-corrected chi connectivity index (χ4v) is 5.12. The molecule has 0 aromatic heterocycles. The topological polar surface area (TPSA) is 95.6 Å². The molecule has 2 amide bonds. The van der Waals surface area contributed by atoms with E-state index in [1.54, 1.807) is 30.0 Å². The zero-order valence-corrected chi connectivity index (χ0v) is 19.8. The molecule has 1 aliphatic rings. The predicted octanol–water partition coefficient (Wildman–Crippen LogP) is 3.63. The quantitative estimate of drug-likeness (QED) is 0.633. The summed E-state index contributed by atoms with van der Waals surface area (Å²) in [6.07, 6.45) is 1.36. The molecular formula is C24H31N3O4S. The molecule has 0 fully saturated rings. The van der Waals surface area contributed by atoms with Crippen LogP contribution < -0.4 is 14.9 Å². The number of carbonyl (C=O) groups excluding carboxylic acids is 2. The summed E-state index contributed by atoms with van der Waals surface area (Å²) in [5, 5.41) is 2.85. The van der Waals surface area contributed by atoms with E-state index in [0.29, 0.717) is 31.5 Å². The van der Waals surface area contributed by atoms with Gasteiger partial charge < -0.3 is 10.2 Å². The number of anilines is 2. The lowest BCUT2D eigenvalue weighted by Gasteiger charge is -2.21. The van der Waals surface area contributed by atoms with Gasteiger partial charge in [0.1, 0.15) is 6.04 Å².